The zero-order valence-electron chi connectivity index (χ0n) is 13.5. The maximum absolute atomic E-state index is 13.0. The van der Waals surface area contributed by atoms with Gasteiger partial charge in [-0.2, -0.15) is 0 Å². The van der Waals surface area contributed by atoms with Gasteiger partial charge in [0, 0.05) is 32.1 Å². The number of carbonyl (C=O) groups is 1. The van der Waals surface area contributed by atoms with E-state index in [-0.39, 0.29) is 5.91 Å². The Labute approximate surface area is 135 Å². The molecule has 4 heterocycles. The van der Waals surface area contributed by atoms with Crippen LogP contribution in [0, 0.1) is 13.8 Å². The topological polar surface area (TPSA) is 56.1 Å². The van der Waals surface area contributed by atoms with Crippen LogP contribution in [0.25, 0.3) is 5.65 Å². The number of rotatable bonds is 1. The average Bonchev–Trinajstić information content (AvgIpc) is 3.11. The van der Waals surface area contributed by atoms with E-state index in [1.165, 1.54) is 0 Å². The van der Waals surface area contributed by atoms with Crippen molar-refractivity contribution in [3.05, 3.63) is 35.3 Å². The quantitative estimate of drug-likeness (QED) is 0.807. The molecule has 122 valence electrons. The highest BCUT2D eigenvalue weighted by Gasteiger charge is 2.41. The average molecular weight is 315 g/mol. The largest absolute Gasteiger partial charge is 0.347 e. The van der Waals surface area contributed by atoms with Gasteiger partial charge in [-0.05, 0) is 25.5 Å². The molecule has 2 aromatic heterocycles. The number of fused-ring (bicyclic) bond motifs is 1. The molecule has 6 nitrogen and oxygen atoms in total. The SMILES string of the molecule is Cc1ccc2nc(C)c(C(=O)N3CCC4(CC3)OCCO4)n2c1. The summed E-state index contributed by atoms with van der Waals surface area (Å²) in [5.41, 5.74) is 3.35. The summed E-state index contributed by atoms with van der Waals surface area (Å²) in [6, 6.07) is 3.96. The molecule has 1 spiro atoms. The van der Waals surface area contributed by atoms with Crippen LogP contribution in [0.1, 0.15) is 34.6 Å². The van der Waals surface area contributed by atoms with Gasteiger partial charge in [0.2, 0.25) is 0 Å². The molecule has 0 aromatic carbocycles. The van der Waals surface area contributed by atoms with E-state index in [2.05, 4.69) is 4.98 Å². The molecule has 0 N–H and O–H groups in total. The second kappa shape index (κ2) is 5.32. The molecule has 23 heavy (non-hydrogen) atoms. The molecule has 2 fully saturated rings. The van der Waals surface area contributed by atoms with Crippen molar-refractivity contribution in [3.63, 3.8) is 0 Å². The molecule has 2 saturated heterocycles. The van der Waals surface area contributed by atoms with Crippen LogP contribution < -0.4 is 0 Å². The monoisotopic (exact) mass is 315 g/mol. The number of ether oxygens (including phenoxy) is 2. The number of imidazole rings is 1. The molecular formula is C17H21N3O3. The van der Waals surface area contributed by atoms with E-state index < -0.39 is 5.79 Å². The van der Waals surface area contributed by atoms with Gasteiger partial charge in [-0.3, -0.25) is 9.20 Å². The van der Waals surface area contributed by atoms with Crippen LogP contribution in [-0.4, -0.2) is 52.3 Å². The number of pyridine rings is 1. The summed E-state index contributed by atoms with van der Waals surface area (Å²) < 4.78 is 13.4. The van der Waals surface area contributed by atoms with Crippen molar-refractivity contribution in [2.24, 2.45) is 0 Å². The van der Waals surface area contributed by atoms with E-state index in [0.717, 1.165) is 29.7 Å². The van der Waals surface area contributed by atoms with Crippen molar-refractivity contribution in [2.45, 2.75) is 32.5 Å². The molecule has 0 saturated carbocycles. The number of piperidine rings is 1. The summed E-state index contributed by atoms with van der Waals surface area (Å²) in [4.78, 5) is 19.4. The fraction of sp³-hybridized carbons (Fsp3) is 0.529. The third-order valence-corrected chi connectivity index (χ3v) is 4.77. The van der Waals surface area contributed by atoms with E-state index >= 15 is 0 Å². The molecule has 6 heteroatoms. The zero-order valence-corrected chi connectivity index (χ0v) is 13.5. The predicted molar refractivity (Wildman–Crippen MR) is 84.4 cm³/mol. The maximum atomic E-state index is 13.0. The number of nitrogens with zero attached hydrogens (tertiary/aromatic N) is 3. The van der Waals surface area contributed by atoms with E-state index in [1.54, 1.807) is 0 Å². The molecule has 2 aromatic rings. The van der Waals surface area contributed by atoms with Crippen LogP contribution in [0.2, 0.25) is 0 Å². The van der Waals surface area contributed by atoms with Gasteiger partial charge in [-0.25, -0.2) is 4.98 Å². The Kier molecular flexibility index (Phi) is 3.39. The standard InChI is InChI=1S/C17H21N3O3/c1-12-3-4-14-18-13(2)15(20(14)11-12)16(21)19-7-5-17(6-8-19)22-9-10-23-17/h3-4,11H,5-10H2,1-2H3. The molecule has 4 rings (SSSR count). The number of likely N-dealkylation sites (tertiary alicyclic amines) is 1. The van der Waals surface area contributed by atoms with Crippen LogP contribution in [0.3, 0.4) is 0 Å². The third-order valence-electron chi connectivity index (χ3n) is 4.77. The van der Waals surface area contributed by atoms with Gasteiger partial charge in [0.25, 0.3) is 5.91 Å². The van der Waals surface area contributed by atoms with Crippen molar-refractivity contribution in [1.82, 2.24) is 14.3 Å². The summed E-state index contributed by atoms with van der Waals surface area (Å²) in [6.45, 7) is 6.51. The third kappa shape index (κ3) is 2.42. The lowest BCUT2D eigenvalue weighted by Gasteiger charge is -2.37. The van der Waals surface area contributed by atoms with Gasteiger partial charge in [0.05, 0.1) is 18.9 Å². The molecule has 0 bridgehead atoms. The van der Waals surface area contributed by atoms with Gasteiger partial charge in [0.1, 0.15) is 11.3 Å². The summed E-state index contributed by atoms with van der Waals surface area (Å²) in [6.07, 6.45) is 3.43. The summed E-state index contributed by atoms with van der Waals surface area (Å²) >= 11 is 0. The fourth-order valence-electron chi connectivity index (χ4n) is 3.51. The number of aryl methyl sites for hydroxylation is 2. The fourth-order valence-corrected chi connectivity index (χ4v) is 3.51. The minimum atomic E-state index is -0.456. The Morgan fingerprint density at radius 3 is 2.57 bits per heavy atom. The first kappa shape index (κ1) is 14.7. The van der Waals surface area contributed by atoms with Crippen molar-refractivity contribution in [3.8, 4) is 0 Å². The van der Waals surface area contributed by atoms with Gasteiger partial charge in [0.15, 0.2) is 5.79 Å². The highest BCUT2D eigenvalue weighted by Crippen LogP contribution is 2.32. The Morgan fingerprint density at radius 2 is 1.87 bits per heavy atom. The van der Waals surface area contributed by atoms with E-state index in [1.807, 2.05) is 41.5 Å². The van der Waals surface area contributed by atoms with Crippen LogP contribution in [0.4, 0.5) is 0 Å². The Bertz CT molecular complexity index is 752. The van der Waals surface area contributed by atoms with Gasteiger partial charge in [-0.1, -0.05) is 6.07 Å². The van der Waals surface area contributed by atoms with Crippen molar-refractivity contribution in [1.29, 1.82) is 0 Å². The van der Waals surface area contributed by atoms with Crippen molar-refractivity contribution >= 4 is 11.6 Å². The minimum Gasteiger partial charge on any atom is -0.347 e. The Balaban J connectivity index is 1.60. The van der Waals surface area contributed by atoms with Crippen LogP contribution in [0.15, 0.2) is 18.3 Å². The molecule has 0 aliphatic carbocycles. The second-order valence-electron chi connectivity index (χ2n) is 6.38. The van der Waals surface area contributed by atoms with Gasteiger partial charge >= 0.3 is 0 Å². The Morgan fingerprint density at radius 1 is 1.17 bits per heavy atom. The smallest absolute Gasteiger partial charge is 0.272 e. The molecular weight excluding hydrogens is 294 g/mol. The summed E-state index contributed by atoms with van der Waals surface area (Å²) in [5.74, 6) is -0.421. The number of hydrogen-bond donors (Lipinski definition) is 0. The van der Waals surface area contributed by atoms with Crippen molar-refractivity contribution in [2.75, 3.05) is 26.3 Å². The lowest BCUT2D eigenvalue weighted by molar-refractivity contribution is -0.181. The first-order valence-corrected chi connectivity index (χ1v) is 8.10. The molecule has 0 radical (unpaired) electrons. The molecule has 1 amide bonds. The first-order chi connectivity index (χ1) is 11.1. The molecule has 2 aliphatic rings. The number of hydrogen-bond acceptors (Lipinski definition) is 4. The maximum Gasteiger partial charge on any atom is 0.272 e. The number of carbonyl (C=O) groups excluding carboxylic acids is 1. The van der Waals surface area contributed by atoms with Crippen molar-refractivity contribution < 1.29 is 14.3 Å². The normalized spacial score (nSPS) is 20.5. The lowest BCUT2D eigenvalue weighted by Crippen LogP contribution is -2.47. The van der Waals surface area contributed by atoms with Gasteiger partial charge < -0.3 is 14.4 Å². The summed E-state index contributed by atoms with van der Waals surface area (Å²) in [5, 5.41) is 0. The van der Waals surface area contributed by atoms with E-state index in [9.17, 15) is 4.79 Å². The number of amides is 1. The van der Waals surface area contributed by atoms with Crippen LogP contribution in [0.5, 0.6) is 0 Å². The Hall–Kier alpha value is -1.92. The highest BCUT2D eigenvalue weighted by atomic mass is 16.7. The predicted octanol–water partition coefficient (Wildman–Crippen LogP) is 1.93. The zero-order chi connectivity index (χ0) is 16.0. The lowest BCUT2D eigenvalue weighted by atomic mass is 10.0. The molecule has 2 aliphatic heterocycles. The van der Waals surface area contributed by atoms with Gasteiger partial charge in [-0.15, -0.1) is 0 Å². The minimum absolute atomic E-state index is 0.0356. The van der Waals surface area contributed by atoms with Crippen LogP contribution in [-0.2, 0) is 9.47 Å². The first-order valence-electron chi connectivity index (χ1n) is 8.10. The molecule has 0 atom stereocenters. The second-order valence-corrected chi connectivity index (χ2v) is 6.38. The van der Waals surface area contributed by atoms with E-state index in [0.29, 0.717) is 32.0 Å². The summed E-state index contributed by atoms with van der Waals surface area (Å²) in [7, 11) is 0. The molecule has 0 unspecified atom stereocenters. The van der Waals surface area contributed by atoms with E-state index in [4.69, 9.17) is 9.47 Å². The van der Waals surface area contributed by atoms with Crippen LogP contribution >= 0.6 is 0 Å². The highest BCUT2D eigenvalue weighted by molar-refractivity contribution is 5.94. The number of aromatic nitrogens is 2.